The highest BCUT2D eigenvalue weighted by molar-refractivity contribution is 7.89. The molecular weight excluding hydrogens is 444 g/mol. The molecule has 4 heterocycles. The van der Waals surface area contributed by atoms with Gasteiger partial charge in [-0.25, -0.2) is 18.4 Å². The van der Waals surface area contributed by atoms with Crippen molar-refractivity contribution in [3.05, 3.63) is 54.7 Å². The monoisotopic (exact) mass is 468 g/mol. The zero-order valence-corrected chi connectivity index (χ0v) is 19.0. The van der Waals surface area contributed by atoms with E-state index in [-0.39, 0.29) is 12.3 Å². The van der Waals surface area contributed by atoms with Crippen LogP contribution >= 0.6 is 0 Å². The summed E-state index contributed by atoms with van der Waals surface area (Å²) in [7, 11) is -1.88. The summed E-state index contributed by atoms with van der Waals surface area (Å²) in [5, 5.41) is 8.35. The van der Waals surface area contributed by atoms with Crippen LogP contribution in [0.1, 0.15) is 7.12 Å². The van der Waals surface area contributed by atoms with E-state index in [1.807, 2.05) is 42.2 Å². The lowest BCUT2D eigenvalue weighted by Crippen LogP contribution is -2.49. The van der Waals surface area contributed by atoms with Crippen molar-refractivity contribution in [3.8, 4) is 23.0 Å². The van der Waals surface area contributed by atoms with Crippen LogP contribution in [0.25, 0.3) is 23.0 Å². The van der Waals surface area contributed by atoms with E-state index in [0.29, 0.717) is 49.3 Å². The molecule has 0 amide bonds. The quantitative estimate of drug-likeness (QED) is 0.432. The molecule has 0 bridgehead atoms. The van der Waals surface area contributed by atoms with Gasteiger partial charge in [0.15, 0.2) is 10.7 Å². The van der Waals surface area contributed by atoms with Gasteiger partial charge in [-0.15, -0.1) is 10.2 Å². The van der Waals surface area contributed by atoms with Crippen molar-refractivity contribution in [2.75, 3.05) is 31.1 Å². The molecule has 5 rings (SSSR count). The van der Waals surface area contributed by atoms with Gasteiger partial charge in [-0.2, -0.15) is 4.31 Å². The molecule has 11 nitrogen and oxygen atoms in total. The molecule has 1 fully saturated rings. The number of imidazole rings is 1. The third-order valence-corrected chi connectivity index (χ3v) is 7.22. The topological polar surface area (TPSA) is 123 Å². The van der Waals surface area contributed by atoms with Gasteiger partial charge in [0.25, 0.3) is 15.9 Å². The number of rotatable bonds is 5. The summed E-state index contributed by atoms with van der Waals surface area (Å²) in [6.07, 6.45) is 4.66. The Labute approximate surface area is 192 Å². The maximum atomic E-state index is 12.8. The second-order valence-electron chi connectivity index (χ2n) is 7.71. The Hall–Kier alpha value is -3.64. The summed E-state index contributed by atoms with van der Waals surface area (Å²) in [5.74, 6) is 1.33. The number of hydrogen-bond acceptors (Lipinski definition) is 9. The third kappa shape index (κ3) is 4.10. The molecule has 1 aromatic carbocycles. The predicted molar refractivity (Wildman–Crippen MR) is 122 cm³/mol. The maximum Gasteiger partial charge on any atom is 0.268 e. The molecule has 0 saturated carbocycles. The first-order valence-corrected chi connectivity index (χ1v) is 11.8. The van der Waals surface area contributed by atoms with E-state index in [0.717, 1.165) is 5.56 Å². The van der Waals surface area contributed by atoms with E-state index in [2.05, 4.69) is 20.2 Å². The van der Waals surface area contributed by atoms with Gasteiger partial charge in [-0.1, -0.05) is 18.2 Å². The molecule has 0 spiro atoms. The first-order valence-electron chi connectivity index (χ1n) is 10.4. The number of benzene rings is 1. The van der Waals surface area contributed by atoms with Gasteiger partial charge >= 0.3 is 0 Å². The van der Waals surface area contributed by atoms with Crippen LogP contribution in [0, 0.1) is 6.92 Å². The molecule has 172 valence electrons. The first-order chi connectivity index (χ1) is 15.9. The van der Waals surface area contributed by atoms with Crippen molar-refractivity contribution in [2.45, 2.75) is 11.9 Å². The molecule has 33 heavy (non-hydrogen) atoms. The highest BCUT2D eigenvalue weighted by Crippen LogP contribution is 2.26. The van der Waals surface area contributed by atoms with Crippen LogP contribution in [0.2, 0.25) is 0 Å². The van der Waals surface area contributed by atoms with Gasteiger partial charge < -0.3 is 13.9 Å². The normalized spacial score (nSPS) is 15.2. The van der Waals surface area contributed by atoms with E-state index in [1.165, 1.54) is 16.8 Å². The van der Waals surface area contributed by atoms with Crippen LogP contribution in [-0.4, -0.2) is 68.6 Å². The van der Waals surface area contributed by atoms with Gasteiger partial charge in [0.1, 0.15) is 5.82 Å². The van der Waals surface area contributed by atoms with Crippen molar-refractivity contribution in [3.63, 3.8) is 0 Å². The van der Waals surface area contributed by atoms with Crippen molar-refractivity contribution in [2.24, 2.45) is 7.05 Å². The number of aryl methyl sites for hydroxylation is 2. The largest absolute Gasteiger partial charge is 0.415 e. The van der Waals surface area contributed by atoms with E-state index in [1.54, 1.807) is 17.8 Å². The molecule has 0 atom stereocenters. The Bertz CT molecular complexity index is 1380. The molecule has 12 heteroatoms. The second-order valence-corrected chi connectivity index (χ2v) is 9.59. The summed E-state index contributed by atoms with van der Waals surface area (Å²) < 4.78 is 34.6. The number of nitrogens with zero attached hydrogens (tertiary/aromatic N) is 8. The van der Waals surface area contributed by atoms with Crippen molar-refractivity contribution < 1.29 is 14.3 Å². The molecule has 0 aliphatic carbocycles. The average molecular weight is 469 g/mol. The Morgan fingerprint density at radius 1 is 1.00 bits per heavy atom. The van der Waals surface area contributed by atoms with Gasteiger partial charge in [-0.05, 0) is 19.1 Å². The zero-order valence-electron chi connectivity index (χ0n) is 18.2. The van der Waals surface area contributed by atoms with E-state index in [4.69, 9.17) is 9.40 Å². The lowest BCUT2D eigenvalue weighted by molar-refractivity contribution is 0.382. The smallest absolute Gasteiger partial charge is 0.268 e. The summed E-state index contributed by atoms with van der Waals surface area (Å²) >= 11 is 0. The van der Waals surface area contributed by atoms with Gasteiger partial charge in [0.2, 0.25) is 5.89 Å². The molecule has 1 saturated heterocycles. The minimum Gasteiger partial charge on any atom is -0.415 e. The van der Waals surface area contributed by atoms with Crippen LogP contribution in [-0.2, 0) is 17.1 Å². The number of anilines is 1. The Kier molecular flexibility index (Phi) is 5.38. The van der Waals surface area contributed by atoms with Crippen LogP contribution in [0.15, 0.2) is 58.5 Å². The Morgan fingerprint density at radius 2 is 1.73 bits per heavy atom. The zero-order chi connectivity index (χ0) is 23.0. The SMILES string of the molecule is Cc1ncc(N2CCN(S(=O)(=O)c3cn(C)cn3)CC2)nc1-c1nnc(-c2ccccc2)o1.[HH]. The van der Waals surface area contributed by atoms with Crippen molar-refractivity contribution in [1.29, 1.82) is 0 Å². The van der Waals surface area contributed by atoms with E-state index < -0.39 is 10.0 Å². The number of aromatic nitrogens is 6. The van der Waals surface area contributed by atoms with E-state index in [9.17, 15) is 8.42 Å². The fraction of sp³-hybridized carbons (Fsp3) is 0.286. The summed E-state index contributed by atoms with van der Waals surface area (Å²) in [6.45, 7) is 3.42. The summed E-state index contributed by atoms with van der Waals surface area (Å²) in [6, 6.07) is 9.51. The maximum absolute atomic E-state index is 12.8. The number of piperazine rings is 1. The lowest BCUT2D eigenvalue weighted by atomic mass is 10.2. The number of hydrogen-bond donors (Lipinski definition) is 0. The number of sulfonamides is 1. The molecule has 1 aliphatic rings. The predicted octanol–water partition coefficient (Wildman–Crippen LogP) is 1.99. The minimum absolute atomic E-state index is 0. The Balaban J connectivity index is 0.00000274. The fourth-order valence-electron chi connectivity index (χ4n) is 3.62. The molecule has 1 aliphatic heterocycles. The van der Waals surface area contributed by atoms with Crippen LogP contribution in [0.4, 0.5) is 5.82 Å². The standard InChI is InChI=1S/C21H22N8O3S.H2/c1-15-19(21-26-25-20(32-21)16-6-4-3-5-7-16)24-17(12-22-15)28-8-10-29(11-9-28)33(30,31)18-13-27(2)14-23-18;/h3-7,12-14H,8-11H2,1-2H3;1H. The Morgan fingerprint density at radius 3 is 2.42 bits per heavy atom. The summed E-state index contributed by atoms with van der Waals surface area (Å²) in [4.78, 5) is 15.1. The molecule has 4 aromatic rings. The molecule has 0 unspecified atom stereocenters. The van der Waals surface area contributed by atoms with Crippen LogP contribution in [0.5, 0.6) is 0 Å². The molecule has 0 N–H and O–H groups in total. The second kappa shape index (κ2) is 8.37. The van der Waals surface area contributed by atoms with Crippen LogP contribution < -0.4 is 4.90 Å². The highest BCUT2D eigenvalue weighted by Gasteiger charge is 2.31. The van der Waals surface area contributed by atoms with E-state index >= 15 is 0 Å². The highest BCUT2D eigenvalue weighted by atomic mass is 32.2. The lowest BCUT2D eigenvalue weighted by Gasteiger charge is -2.34. The van der Waals surface area contributed by atoms with Crippen molar-refractivity contribution in [1.82, 2.24) is 34.0 Å². The molecule has 3 aromatic heterocycles. The third-order valence-electron chi connectivity index (χ3n) is 5.44. The first kappa shape index (κ1) is 21.2. The molecular formula is C21H24N8O3S. The average Bonchev–Trinajstić information content (AvgIpc) is 3.50. The molecule has 0 radical (unpaired) electrons. The van der Waals surface area contributed by atoms with Crippen molar-refractivity contribution >= 4 is 15.8 Å². The summed E-state index contributed by atoms with van der Waals surface area (Å²) in [5.41, 5.74) is 1.99. The van der Waals surface area contributed by atoms with Gasteiger partial charge in [0, 0.05) is 46.4 Å². The van der Waals surface area contributed by atoms with Crippen LogP contribution in [0.3, 0.4) is 0 Å². The van der Waals surface area contributed by atoms with Gasteiger partial charge in [-0.3, -0.25) is 4.98 Å². The minimum atomic E-state index is -3.62. The fourth-order valence-corrected chi connectivity index (χ4v) is 5.01. The van der Waals surface area contributed by atoms with Gasteiger partial charge in [0.05, 0.1) is 18.2 Å².